The third kappa shape index (κ3) is 13.2. The number of nitrogens with zero attached hydrogens (tertiary/aromatic N) is 4. The Labute approximate surface area is 840 Å². The first-order valence-corrected chi connectivity index (χ1v) is 50.8. The fourth-order valence-electron chi connectivity index (χ4n) is 25.6. The summed E-state index contributed by atoms with van der Waals surface area (Å²) in [6.07, 6.45) is 2.95. The maximum Gasteiger partial charge on any atom is 0.0547 e. The van der Waals surface area contributed by atoms with E-state index in [2.05, 4.69) is 528 Å². The molecule has 2 atom stereocenters. The van der Waals surface area contributed by atoms with Crippen LogP contribution in [0.25, 0.3) is 221 Å². The number of aromatic nitrogens is 4. The van der Waals surface area contributed by atoms with Crippen molar-refractivity contribution < 1.29 is 0 Å². The predicted octanol–water partition coefficient (Wildman–Crippen LogP) is 36.3. The molecule has 0 bridgehead atoms. The molecular weight excluding hydrogens is 1750 g/mol. The molecule has 4 heterocycles. The van der Waals surface area contributed by atoms with E-state index in [1.165, 1.54) is 288 Å². The van der Waals surface area contributed by atoms with Gasteiger partial charge in [-0.2, -0.15) is 0 Å². The average molecular weight is 1840 g/mol. The van der Waals surface area contributed by atoms with Crippen LogP contribution in [0.1, 0.15) is 78.6 Å². The van der Waals surface area contributed by atoms with Crippen LogP contribution in [0.5, 0.6) is 0 Å². The summed E-state index contributed by atoms with van der Waals surface area (Å²) in [7, 11) is 0. The summed E-state index contributed by atoms with van der Waals surface area (Å²) in [5.41, 5.74) is 55.0. The van der Waals surface area contributed by atoms with Gasteiger partial charge in [-0.1, -0.05) is 388 Å². The van der Waals surface area contributed by atoms with E-state index >= 15 is 0 Å². The van der Waals surface area contributed by atoms with Crippen LogP contribution in [-0.2, 0) is 19.3 Å². The number of fused-ring (bicyclic) bond motifs is 28. The van der Waals surface area contributed by atoms with E-state index in [4.69, 9.17) is 0 Å². The van der Waals surface area contributed by atoms with Crippen molar-refractivity contribution in [2.75, 3.05) is 0 Å². The van der Waals surface area contributed by atoms with Crippen molar-refractivity contribution in [1.82, 2.24) is 18.3 Å². The molecule has 0 fully saturated rings. The van der Waals surface area contributed by atoms with Gasteiger partial charge in [0.2, 0.25) is 0 Å². The second-order valence-electron chi connectivity index (χ2n) is 39.9. The van der Waals surface area contributed by atoms with Crippen molar-refractivity contribution in [2.24, 2.45) is 0 Å². The molecule has 0 radical (unpaired) electrons. The molecule has 0 amide bonds. The zero-order chi connectivity index (χ0) is 95.0. The van der Waals surface area contributed by atoms with Gasteiger partial charge < -0.3 is 18.3 Å². The molecule has 0 saturated heterocycles. The number of rotatable bonds is 10. The minimum absolute atomic E-state index is 0.168. The highest BCUT2D eigenvalue weighted by Crippen LogP contribution is 2.55. The Morgan fingerprint density at radius 3 is 1.19 bits per heavy atom. The van der Waals surface area contributed by atoms with Gasteiger partial charge in [-0.05, 0) is 312 Å². The highest BCUT2D eigenvalue weighted by molar-refractivity contribution is 6.16. The van der Waals surface area contributed by atoms with E-state index in [-0.39, 0.29) is 11.8 Å². The summed E-state index contributed by atoms with van der Waals surface area (Å²) in [4.78, 5) is 0. The van der Waals surface area contributed by atoms with Crippen molar-refractivity contribution >= 4 is 98.0 Å². The van der Waals surface area contributed by atoms with Gasteiger partial charge in [-0.3, -0.25) is 0 Å². The van der Waals surface area contributed by atoms with Gasteiger partial charge in [0.05, 0.1) is 49.8 Å². The van der Waals surface area contributed by atoms with Crippen molar-refractivity contribution in [3.63, 3.8) is 0 Å². The lowest BCUT2D eigenvalue weighted by Gasteiger charge is -2.17. The Morgan fingerprint density at radius 2 is 0.545 bits per heavy atom. The Hall–Kier alpha value is -18.5. The fourth-order valence-corrected chi connectivity index (χ4v) is 25.6. The minimum atomic E-state index is 0.168. The third-order valence-corrected chi connectivity index (χ3v) is 32.1. The van der Waals surface area contributed by atoms with Crippen molar-refractivity contribution in [2.45, 2.75) is 31.1 Å². The van der Waals surface area contributed by atoms with E-state index < -0.39 is 0 Å². The first kappa shape index (κ1) is 82.4. The predicted molar refractivity (Wildman–Crippen MR) is 606 cm³/mol. The summed E-state index contributed by atoms with van der Waals surface area (Å²) in [5, 5.41) is 12.8. The molecule has 23 aromatic carbocycles. The number of hydrogen-bond donors (Lipinski definition) is 0. The molecule has 27 aromatic rings. The lowest BCUT2D eigenvalue weighted by molar-refractivity contribution is 1.01. The molecule has 4 nitrogen and oxygen atoms in total. The topological polar surface area (TPSA) is 19.7 Å². The van der Waals surface area contributed by atoms with Crippen LogP contribution < -0.4 is 0 Å². The molecule has 0 saturated carbocycles. The van der Waals surface area contributed by atoms with Gasteiger partial charge >= 0.3 is 0 Å². The molecule has 0 N–H and O–H groups in total. The molecule has 2 unspecified atom stereocenters. The van der Waals surface area contributed by atoms with Crippen LogP contribution in [0.3, 0.4) is 0 Å². The zero-order valence-corrected chi connectivity index (χ0v) is 79.6. The summed E-state index contributed by atoms with van der Waals surface area (Å²) in [5.74, 6) is 0.427. The molecule has 676 valence electrons. The van der Waals surface area contributed by atoms with Crippen LogP contribution in [0, 0.1) is 0 Å². The molecule has 4 heteroatoms. The van der Waals surface area contributed by atoms with Crippen LogP contribution in [0.15, 0.2) is 510 Å². The monoisotopic (exact) mass is 1840 g/mol. The highest BCUT2D eigenvalue weighted by atomic mass is 15.0. The SMILES string of the molecule is c1ccc(-n2c3ccccc3c3cc(-c4ccc5c6ccccc6n(-c6ccc7c(c6)Cc6ccccc6-7)c5c4)ccc32)cc1.c1ccc(-n2c3ccccc3c3cc(-c4ccc5c6ccccc6n(-c6cccc7c6Cc6ccccc6-7)c5c4)ccc32)cc1.c1ccc(C2c3ccccc3-c3cc(-c4ccc5c(c4)C(c4ccc6cc(-c7cccc8c7-c7ccccc7C8)ccc6c4)c4ccccc4-5)ccc32)cc1. The average Bonchev–Trinajstić information content (AvgIpc) is 1.55. The second kappa shape index (κ2) is 33.1. The largest absolute Gasteiger partial charge is 0.309 e. The first-order valence-electron chi connectivity index (χ1n) is 50.8. The van der Waals surface area contributed by atoms with Crippen molar-refractivity contribution in [3.05, 3.63) is 576 Å². The quantitative estimate of drug-likeness (QED) is 0.130. The molecule has 32 rings (SSSR count). The standard InChI is InChI=1S/C55H36.2C43H28N2/c1-2-11-34(12-3-1)53-49-19-9-7-17-46(49)51-32-37(26-28-50(51)53)38-25-27-47-45-16-6-8-18-48(45)55(52(47)33-38)42-24-22-35-29-40(23-21-36(35)30-42)44-20-10-14-41-31-39-13-4-5-15-43(39)54(41)44;1-2-12-31(13-3-1)44-39-18-8-7-16-35(39)38-25-28(22-24-42(38)44)29-21-23-36-34-15-6-9-19-40(34)45(43(36)27-29)41-20-10-17-33-32-14-5-4-11-30(32)26-37(33)41;1-2-11-32(12-3-1)44-41-17-9-7-15-37(41)39-26-28(19-23-42(39)44)29-18-21-38-36-14-6-8-16-40(36)45(43(38)27-29)33-20-22-35-31(25-33)24-30-10-4-5-13-34(30)35/h1-30,32-33,53,55H,31H2;1-25,27H,26H2;1-23,25-27H,24H2. The van der Waals surface area contributed by atoms with Gasteiger partial charge in [0.1, 0.15) is 0 Å². The lowest BCUT2D eigenvalue weighted by Crippen LogP contribution is -2.00. The van der Waals surface area contributed by atoms with E-state index in [0.717, 1.165) is 19.3 Å². The summed E-state index contributed by atoms with van der Waals surface area (Å²) in [6.45, 7) is 0. The Bertz CT molecular complexity index is 10100. The Morgan fingerprint density at radius 1 is 0.159 bits per heavy atom. The normalized spacial score (nSPS) is 13.6. The minimum Gasteiger partial charge on any atom is -0.309 e. The molecular formula is C141H92N4. The molecule has 145 heavy (non-hydrogen) atoms. The zero-order valence-electron chi connectivity index (χ0n) is 79.6. The Kier molecular flexibility index (Phi) is 18.8. The molecule has 0 spiro atoms. The van der Waals surface area contributed by atoms with Crippen LogP contribution in [0.4, 0.5) is 0 Å². The maximum atomic E-state index is 2.50. The highest BCUT2D eigenvalue weighted by Gasteiger charge is 2.35. The van der Waals surface area contributed by atoms with Gasteiger partial charge in [-0.25, -0.2) is 0 Å². The smallest absolute Gasteiger partial charge is 0.0547 e. The van der Waals surface area contributed by atoms with E-state index in [0.29, 0.717) is 0 Å². The van der Waals surface area contributed by atoms with Crippen LogP contribution >= 0.6 is 0 Å². The number of para-hydroxylation sites is 6. The number of benzene rings is 23. The van der Waals surface area contributed by atoms with Crippen LogP contribution in [0.2, 0.25) is 0 Å². The van der Waals surface area contributed by atoms with Gasteiger partial charge in [-0.15, -0.1) is 0 Å². The number of hydrogen-bond acceptors (Lipinski definition) is 0. The third-order valence-electron chi connectivity index (χ3n) is 32.1. The molecule has 5 aliphatic rings. The second-order valence-corrected chi connectivity index (χ2v) is 39.9. The summed E-state index contributed by atoms with van der Waals surface area (Å²) >= 11 is 0. The van der Waals surface area contributed by atoms with Gasteiger partial charge in [0.25, 0.3) is 0 Å². The van der Waals surface area contributed by atoms with Crippen molar-refractivity contribution in [3.8, 4) is 123 Å². The van der Waals surface area contributed by atoms with E-state index in [1.807, 2.05) is 0 Å². The van der Waals surface area contributed by atoms with Crippen LogP contribution in [-0.4, -0.2) is 18.3 Å². The van der Waals surface area contributed by atoms with Crippen molar-refractivity contribution in [1.29, 1.82) is 0 Å². The molecule has 5 aliphatic carbocycles. The Balaban J connectivity index is 0.000000102. The lowest BCUT2D eigenvalue weighted by atomic mass is 9.86. The van der Waals surface area contributed by atoms with Gasteiger partial charge in [0, 0.05) is 78.4 Å². The van der Waals surface area contributed by atoms with E-state index in [1.54, 1.807) is 0 Å². The molecule has 0 aliphatic heterocycles. The first-order chi connectivity index (χ1) is 71.9. The van der Waals surface area contributed by atoms with Gasteiger partial charge in [0.15, 0.2) is 0 Å². The fraction of sp³-hybridized carbons (Fsp3) is 0.0355. The maximum absolute atomic E-state index is 2.50. The van der Waals surface area contributed by atoms with E-state index in [9.17, 15) is 0 Å². The summed E-state index contributed by atoms with van der Waals surface area (Å²) < 4.78 is 9.71. The molecule has 4 aromatic heterocycles. The summed E-state index contributed by atoms with van der Waals surface area (Å²) in [6, 6.07) is 189.